The van der Waals surface area contributed by atoms with Crippen LogP contribution >= 0.6 is 11.6 Å². The zero-order valence-electron chi connectivity index (χ0n) is 19.9. The SMILES string of the molecule is CCc1cc(Oc2cccc([As](Cc3cccc(OC(F)(F)C(F)F)c3)C[C@H](O)C(F)(F)F)c2)ccc1Cl. The Hall–Kier alpha value is -2.42. The summed E-state index contributed by atoms with van der Waals surface area (Å²) in [6.45, 7) is 1.92. The van der Waals surface area contributed by atoms with Crippen LogP contribution in [0.4, 0.5) is 30.7 Å². The summed E-state index contributed by atoms with van der Waals surface area (Å²) in [6.07, 6.45) is -15.6. The third-order valence-electron chi connectivity index (χ3n) is 5.37. The van der Waals surface area contributed by atoms with Crippen LogP contribution in [0.3, 0.4) is 0 Å². The molecule has 38 heavy (non-hydrogen) atoms. The molecule has 0 fully saturated rings. The van der Waals surface area contributed by atoms with Crippen molar-refractivity contribution in [2.75, 3.05) is 0 Å². The van der Waals surface area contributed by atoms with Crippen LogP contribution in [0.5, 0.6) is 17.2 Å². The monoisotopic (exact) mass is 626 g/mol. The van der Waals surface area contributed by atoms with Crippen LogP contribution in [-0.2, 0) is 11.6 Å². The van der Waals surface area contributed by atoms with E-state index in [1.165, 1.54) is 12.1 Å². The summed E-state index contributed by atoms with van der Waals surface area (Å²) in [4.78, 5) is 0. The Morgan fingerprint density at radius 1 is 0.895 bits per heavy atom. The van der Waals surface area contributed by atoms with E-state index in [1.54, 1.807) is 42.5 Å². The first-order valence-corrected chi connectivity index (χ1v) is 15.3. The molecular formula is C26H23AsClF7O3. The molecule has 3 aromatic rings. The average Bonchev–Trinajstić information content (AvgIpc) is 2.84. The van der Waals surface area contributed by atoms with Crippen LogP contribution in [0, 0.1) is 0 Å². The van der Waals surface area contributed by atoms with Gasteiger partial charge in [0, 0.05) is 0 Å². The quantitative estimate of drug-likeness (QED) is 0.179. The third kappa shape index (κ3) is 8.29. The molecule has 0 aliphatic carbocycles. The molecule has 2 atom stereocenters. The number of halogens is 8. The Bertz CT molecular complexity index is 1220. The minimum atomic E-state index is -4.86. The third-order valence-corrected chi connectivity index (χ3v) is 11.1. The fraction of sp³-hybridized carbons (Fsp3) is 0.308. The summed E-state index contributed by atoms with van der Waals surface area (Å²) in [6, 6.07) is 16.4. The maximum atomic E-state index is 13.3. The first-order chi connectivity index (χ1) is 17.8. The zero-order valence-corrected chi connectivity index (χ0v) is 22.5. The van der Waals surface area contributed by atoms with Gasteiger partial charge in [-0.15, -0.1) is 0 Å². The van der Waals surface area contributed by atoms with Crippen molar-refractivity contribution in [1.29, 1.82) is 0 Å². The Morgan fingerprint density at radius 2 is 1.55 bits per heavy atom. The molecule has 0 radical (unpaired) electrons. The van der Waals surface area contributed by atoms with Crippen molar-refractivity contribution >= 4 is 30.6 Å². The van der Waals surface area contributed by atoms with Gasteiger partial charge in [-0.1, -0.05) is 0 Å². The molecule has 1 unspecified atom stereocenters. The first-order valence-electron chi connectivity index (χ1n) is 11.3. The number of rotatable bonds is 11. The molecule has 3 aromatic carbocycles. The van der Waals surface area contributed by atoms with E-state index < -0.39 is 50.4 Å². The molecule has 0 saturated heterocycles. The summed E-state index contributed by atoms with van der Waals surface area (Å²) in [5.74, 6) is 0.272. The van der Waals surface area contributed by atoms with Gasteiger partial charge in [0.2, 0.25) is 0 Å². The van der Waals surface area contributed by atoms with Gasteiger partial charge in [-0.2, -0.15) is 0 Å². The first kappa shape index (κ1) is 30.1. The predicted octanol–water partition coefficient (Wildman–Crippen LogP) is 7.34. The molecule has 1 N–H and O–H groups in total. The number of aryl methyl sites for hydroxylation is 1. The van der Waals surface area contributed by atoms with Crippen molar-refractivity contribution in [1.82, 2.24) is 0 Å². The molecule has 12 heteroatoms. The van der Waals surface area contributed by atoms with Crippen molar-refractivity contribution in [2.45, 2.75) is 48.6 Å². The molecule has 0 heterocycles. The van der Waals surface area contributed by atoms with Crippen LogP contribution < -0.4 is 13.8 Å². The maximum absolute atomic E-state index is 13.3. The Balaban J connectivity index is 1.89. The van der Waals surface area contributed by atoms with E-state index in [0.717, 1.165) is 17.7 Å². The van der Waals surface area contributed by atoms with Gasteiger partial charge < -0.3 is 0 Å². The van der Waals surface area contributed by atoms with Gasteiger partial charge in [0.05, 0.1) is 0 Å². The summed E-state index contributed by atoms with van der Waals surface area (Å²) >= 11 is 3.36. The standard InChI is InChI=1S/C26H23AsClF7O3/c1-2-17-12-20(9-10-22(17)28)37-19-7-4-6-18(13-19)27(15-23(36)25(31,32)33)14-16-5-3-8-21(11-16)38-26(34,35)24(29)30/h3-13,23-24,36H,2,14-15H2,1H3/t23-,27?/m0/s1. The van der Waals surface area contributed by atoms with Crippen molar-refractivity contribution in [2.24, 2.45) is 0 Å². The summed E-state index contributed by atoms with van der Waals surface area (Å²) in [5.41, 5.74) is 1.15. The van der Waals surface area contributed by atoms with Crippen LogP contribution in [-0.4, -0.2) is 44.6 Å². The van der Waals surface area contributed by atoms with E-state index in [0.29, 0.717) is 32.9 Å². The second-order valence-electron chi connectivity index (χ2n) is 8.26. The van der Waals surface area contributed by atoms with Crippen LogP contribution in [0.25, 0.3) is 0 Å². The molecule has 0 spiro atoms. The average molecular weight is 627 g/mol. The molecule has 3 rings (SSSR count). The number of hydrogen-bond donors (Lipinski definition) is 1. The zero-order chi connectivity index (χ0) is 28.1. The van der Waals surface area contributed by atoms with E-state index in [-0.39, 0.29) is 5.21 Å². The van der Waals surface area contributed by atoms with Crippen molar-refractivity contribution < 1.29 is 45.3 Å². The normalized spacial score (nSPS) is 13.9. The summed E-state index contributed by atoms with van der Waals surface area (Å²) in [7, 11) is 0. The van der Waals surface area contributed by atoms with Gasteiger partial charge >= 0.3 is 225 Å². The number of aliphatic hydroxyl groups is 1. The van der Waals surface area contributed by atoms with E-state index in [2.05, 4.69) is 4.74 Å². The minimum absolute atomic E-state index is 0.00196. The topological polar surface area (TPSA) is 38.7 Å². The second kappa shape index (κ2) is 12.6. The van der Waals surface area contributed by atoms with Crippen molar-refractivity contribution in [3.8, 4) is 17.2 Å². The van der Waals surface area contributed by atoms with Gasteiger partial charge in [-0.3, -0.25) is 0 Å². The number of aliphatic hydroxyl groups excluding tert-OH is 1. The van der Waals surface area contributed by atoms with E-state index in [1.807, 2.05) is 6.92 Å². The van der Waals surface area contributed by atoms with Crippen molar-refractivity contribution in [3.05, 3.63) is 82.9 Å². The van der Waals surface area contributed by atoms with Crippen LogP contribution in [0.15, 0.2) is 66.7 Å². The Labute approximate surface area is 224 Å². The van der Waals surface area contributed by atoms with Gasteiger partial charge in [0.25, 0.3) is 0 Å². The molecule has 0 aliphatic rings. The Morgan fingerprint density at radius 3 is 2.21 bits per heavy atom. The predicted molar refractivity (Wildman–Crippen MR) is 131 cm³/mol. The van der Waals surface area contributed by atoms with Crippen LogP contribution in [0.1, 0.15) is 18.1 Å². The van der Waals surface area contributed by atoms with E-state index in [9.17, 15) is 35.8 Å². The second-order valence-corrected chi connectivity index (χ2v) is 13.4. The van der Waals surface area contributed by atoms with Crippen molar-refractivity contribution in [3.63, 3.8) is 0 Å². The number of ether oxygens (including phenoxy) is 2. The molecule has 0 saturated carbocycles. The van der Waals surface area contributed by atoms with Gasteiger partial charge in [-0.25, -0.2) is 0 Å². The molecule has 0 aliphatic heterocycles. The molecule has 206 valence electrons. The molecule has 0 amide bonds. The fourth-order valence-corrected chi connectivity index (χ4v) is 8.74. The van der Waals surface area contributed by atoms with Gasteiger partial charge in [0.15, 0.2) is 0 Å². The summed E-state index contributed by atoms with van der Waals surface area (Å²) < 4.78 is 102. The van der Waals surface area contributed by atoms with Gasteiger partial charge in [0.1, 0.15) is 0 Å². The van der Waals surface area contributed by atoms with Crippen LogP contribution in [0.2, 0.25) is 10.2 Å². The number of benzene rings is 3. The number of hydrogen-bond acceptors (Lipinski definition) is 3. The van der Waals surface area contributed by atoms with E-state index >= 15 is 0 Å². The Kier molecular flexibility index (Phi) is 10.0. The van der Waals surface area contributed by atoms with E-state index in [4.69, 9.17) is 16.3 Å². The fourth-order valence-electron chi connectivity index (χ4n) is 3.47. The number of alkyl halides is 7. The molecule has 3 nitrogen and oxygen atoms in total. The molecule has 0 aromatic heterocycles. The summed E-state index contributed by atoms with van der Waals surface area (Å²) in [5, 5.41) is 9.79. The van der Waals surface area contributed by atoms with Gasteiger partial charge in [-0.05, 0) is 0 Å². The molecule has 0 bridgehead atoms. The molecular weight excluding hydrogens is 604 g/mol.